The van der Waals surface area contributed by atoms with E-state index >= 15 is 0 Å². The number of alkyl carbamates (subject to hydrolysis) is 1. The summed E-state index contributed by atoms with van der Waals surface area (Å²) < 4.78 is 5.20. The van der Waals surface area contributed by atoms with Crippen LogP contribution in [-0.2, 0) is 22.6 Å². The van der Waals surface area contributed by atoms with Crippen LogP contribution in [0.5, 0.6) is 0 Å². The van der Waals surface area contributed by atoms with Crippen LogP contribution in [0, 0.1) is 0 Å². The first-order valence-corrected chi connectivity index (χ1v) is 8.51. The molecule has 2 unspecified atom stereocenters. The van der Waals surface area contributed by atoms with Crippen molar-refractivity contribution in [2.75, 3.05) is 6.61 Å². The van der Waals surface area contributed by atoms with Crippen molar-refractivity contribution in [2.24, 2.45) is 0 Å². The first kappa shape index (κ1) is 19.5. The number of benzene rings is 2. The highest BCUT2D eigenvalue weighted by atomic mass is 16.5. The summed E-state index contributed by atoms with van der Waals surface area (Å²) in [6.07, 6.45) is -0.341. The Hall–Kier alpha value is -2.86. The molecule has 0 bridgehead atoms. The molecule has 2 aromatic carbocycles. The summed E-state index contributed by atoms with van der Waals surface area (Å²) in [7, 11) is 0. The average molecular weight is 356 g/mol. The van der Waals surface area contributed by atoms with Crippen LogP contribution in [0.3, 0.4) is 0 Å². The number of hydrogen-bond donors (Lipinski definition) is 3. The minimum Gasteiger partial charge on any atom is -0.445 e. The third-order valence-electron chi connectivity index (χ3n) is 3.77. The van der Waals surface area contributed by atoms with E-state index in [0.29, 0.717) is 6.42 Å². The van der Waals surface area contributed by atoms with E-state index in [-0.39, 0.29) is 19.1 Å². The van der Waals surface area contributed by atoms with Crippen molar-refractivity contribution >= 4 is 12.0 Å². The molecule has 0 aliphatic rings. The van der Waals surface area contributed by atoms with Gasteiger partial charge < -0.3 is 20.5 Å². The number of aliphatic hydroxyl groups is 1. The predicted molar refractivity (Wildman–Crippen MR) is 98.4 cm³/mol. The topological polar surface area (TPSA) is 87.7 Å². The van der Waals surface area contributed by atoms with Crippen molar-refractivity contribution in [1.82, 2.24) is 10.6 Å². The molecule has 2 rings (SSSR count). The van der Waals surface area contributed by atoms with E-state index in [1.165, 1.54) is 0 Å². The summed E-state index contributed by atoms with van der Waals surface area (Å²) in [5.41, 5.74) is 1.77. The Labute approximate surface area is 153 Å². The van der Waals surface area contributed by atoms with E-state index in [0.717, 1.165) is 11.1 Å². The maximum Gasteiger partial charge on any atom is 0.408 e. The van der Waals surface area contributed by atoms with Gasteiger partial charge in [-0.1, -0.05) is 60.7 Å². The highest BCUT2D eigenvalue weighted by Gasteiger charge is 2.23. The smallest absolute Gasteiger partial charge is 0.408 e. The van der Waals surface area contributed by atoms with Gasteiger partial charge in [0.05, 0.1) is 6.61 Å². The zero-order valence-corrected chi connectivity index (χ0v) is 14.7. The maximum atomic E-state index is 12.4. The molecule has 0 spiro atoms. The summed E-state index contributed by atoms with van der Waals surface area (Å²) in [6.45, 7) is 1.63. The molecule has 0 saturated carbocycles. The Morgan fingerprint density at radius 3 is 2.12 bits per heavy atom. The number of nitrogens with one attached hydrogen (secondary N) is 2. The van der Waals surface area contributed by atoms with Crippen molar-refractivity contribution in [2.45, 2.75) is 32.0 Å². The third-order valence-corrected chi connectivity index (χ3v) is 3.77. The molecule has 0 saturated heterocycles. The molecular formula is C20H24N2O4. The summed E-state index contributed by atoms with van der Waals surface area (Å²) >= 11 is 0. The van der Waals surface area contributed by atoms with Crippen LogP contribution in [0.15, 0.2) is 60.7 Å². The van der Waals surface area contributed by atoms with Gasteiger partial charge in [0.25, 0.3) is 0 Å². The van der Waals surface area contributed by atoms with Gasteiger partial charge in [-0.2, -0.15) is 0 Å². The zero-order valence-electron chi connectivity index (χ0n) is 14.7. The number of ether oxygens (including phenoxy) is 1. The Morgan fingerprint density at radius 1 is 0.962 bits per heavy atom. The number of carbonyl (C=O) groups is 2. The molecule has 2 atom stereocenters. The van der Waals surface area contributed by atoms with Gasteiger partial charge in [0.2, 0.25) is 5.91 Å². The quantitative estimate of drug-likeness (QED) is 0.675. The number of hydrogen-bond acceptors (Lipinski definition) is 4. The van der Waals surface area contributed by atoms with Crippen molar-refractivity contribution in [3.8, 4) is 0 Å². The highest BCUT2D eigenvalue weighted by molar-refractivity contribution is 5.86. The lowest BCUT2D eigenvalue weighted by Gasteiger charge is -2.20. The van der Waals surface area contributed by atoms with Gasteiger partial charge in [0.1, 0.15) is 12.6 Å². The van der Waals surface area contributed by atoms with Crippen LogP contribution < -0.4 is 10.6 Å². The second-order valence-electron chi connectivity index (χ2n) is 6.04. The first-order chi connectivity index (χ1) is 12.6. The average Bonchev–Trinajstić information content (AvgIpc) is 2.67. The third kappa shape index (κ3) is 6.57. The van der Waals surface area contributed by atoms with E-state index in [4.69, 9.17) is 9.84 Å². The van der Waals surface area contributed by atoms with Crippen molar-refractivity contribution in [3.63, 3.8) is 0 Å². The fourth-order valence-electron chi connectivity index (χ4n) is 2.36. The predicted octanol–water partition coefficient (Wildman–Crippen LogP) is 2.02. The lowest BCUT2D eigenvalue weighted by molar-refractivity contribution is -0.123. The normalized spacial score (nSPS) is 12.7. The molecule has 0 aromatic heterocycles. The molecule has 0 heterocycles. The Bertz CT molecular complexity index is 691. The van der Waals surface area contributed by atoms with Crippen LogP contribution in [0.2, 0.25) is 0 Å². The van der Waals surface area contributed by atoms with Gasteiger partial charge in [0, 0.05) is 12.5 Å². The monoisotopic (exact) mass is 356 g/mol. The molecule has 0 aliphatic carbocycles. The van der Waals surface area contributed by atoms with Crippen LogP contribution in [0.25, 0.3) is 0 Å². The van der Waals surface area contributed by atoms with Crippen molar-refractivity contribution in [1.29, 1.82) is 0 Å². The van der Waals surface area contributed by atoms with Gasteiger partial charge in [-0.3, -0.25) is 4.79 Å². The second-order valence-corrected chi connectivity index (χ2v) is 6.04. The number of carbonyl (C=O) groups excluding carboxylic acids is 2. The maximum absolute atomic E-state index is 12.4. The van der Waals surface area contributed by atoms with E-state index in [2.05, 4.69) is 10.6 Å². The SMILES string of the molecule is CC(CO)NC(=O)C(Cc1ccccc1)NC(=O)OCc1ccccc1. The molecule has 2 aromatic rings. The van der Waals surface area contributed by atoms with Crippen molar-refractivity contribution < 1.29 is 19.4 Å². The second kappa shape index (κ2) is 10.2. The lowest BCUT2D eigenvalue weighted by Crippen LogP contribution is -2.50. The Balaban J connectivity index is 1.97. The minimum absolute atomic E-state index is 0.124. The molecule has 0 fully saturated rings. The summed E-state index contributed by atoms with van der Waals surface area (Å²) in [5, 5.41) is 14.4. The van der Waals surface area contributed by atoms with Gasteiger partial charge in [-0.15, -0.1) is 0 Å². The highest BCUT2D eigenvalue weighted by Crippen LogP contribution is 2.05. The van der Waals surface area contributed by atoms with Crippen LogP contribution in [-0.4, -0.2) is 35.8 Å². The number of aliphatic hydroxyl groups excluding tert-OH is 1. The van der Waals surface area contributed by atoms with Crippen LogP contribution >= 0.6 is 0 Å². The minimum atomic E-state index is -0.797. The van der Waals surface area contributed by atoms with E-state index in [1.807, 2.05) is 60.7 Å². The molecule has 2 amide bonds. The molecule has 0 radical (unpaired) electrons. The molecule has 26 heavy (non-hydrogen) atoms. The van der Waals surface area contributed by atoms with Gasteiger partial charge >= 0.3 is 6.09 Å². The molecule has 6 heteroatoms. The standard InChI is InChI=1S/C20H24N2O4/c1-15(13-23)21-19(24)18(12-16-8-4-2-5-9-16)22-20(25)26-14-17-10-6-3-7-11-17/h2-11,15,18,23H,12-14H2,1H3,(H,21,24)(H,22,25). The number of rotatable bonds is 8. The zero-order chi connectivity index (χ0) is 18.8. The number of amides is 2. The largest absolute Gasteiger partial charge is 0.445 e. The molecular weight excluding hydrogens is 332 g/mol. The molecule has 3 N–H and O–H groups in total. The van der Waals surface area contributed by atoms with Gasteiger partial charge in [0.15, 0.2) is 0 Å². The fraction of sp³-hybridized carbons (Fsp3) is 0.300. The Morgan fingerprint density at radius 2 is 1.54 bits per heavy atom. The van der Waals surface area contributed by atoms with Crippen LogP contribution in [0.1, 0.15) is 18.1 Å². The molecule has 6 nitrogen and oxygen atoms in total. The lowest BCUT2D eigenvalue weighted by atomic mass is 10.1. The van der Waals surface area contributed by atoms with E-state index in [1.54, 1.807) is 6.92 Å². The van der Waals surface area contributed by atoms with Gasteiger partial charge in [-0.05, 0) is 18.1 Å². The molecule has 0 aliphatic heterocycles. The summed E-state index contributed by atoms with van der Waals surface area (Å²) in [5.74, 6) is -0.368. The summed E-state index contributed by atoms with van der Waals surface area (Å²) in [4.78, 5) is 24.5. The van der Waals surface area contributed by atoms with E-state index in [9.17, 15) is 9.59 Å². The fourth-order valence-corrected chi connectivity index (χ4v) is 2.36. The van der Waals surface area contributed by atoms with Crippen LogP contribution in [0.4, 0.5) is 4.79 Å². The van der Waals surface area contributed by atoms with E-state index < -0.39 is 18.2 Å². The Kier molecular flexibility index (Phi) is 7.64. The summed E-state index contributed by atoms with van der Waals surface area (Å²) in [6, 6.07) is 17.5. The molecule has 138 valence electrons. The first-order valence-electron chi connectivity index (χ1n) is 8.51. The van der Waals surface area contributed by atoms with Gasteiger partial charge in [-0.25, -0.2) is 4.79 Å². The van der Waals surface area contributed by atoms with Crippen molar-refractivity contribution in [3.05, 3.63) is 71.8 Å².